The average Bonchev–Trinajstić information content (AvgIpc) is 2.96. The lowest BCUT2D eigenvalue weighted by Gasteiger charge is -2.26. The maximum atomic E-state index is 12.3. The first-order valence-electron chi connectivity index (χ1n) is 7.45. The predicted molar refractivity (Wildman–Crippen MR) is 82.4 cm³/mol. The maximum absolute atomic E-state index is 12.3. The first kappa shape index (κ1) is 14.6. The van der Waals surface area contributed by atoms with Gasteiger partial charge in [0.1, 0.15) is 11.3 Å². The van der Waals surface area contributed by atoms with Crippen LogP contribution in [0.5, 0.6) is 0 Å². The van der Waals surface area contributed by atoms with Gasteiger partial charge in [-0.1, -0.05) is 19.1 Å². The topological polar surface area (TPSA) is 90.5 Å². The molecular weight excluding hydrogens is 282 g/mol. The molecule has 0 saturated carbocycles. The molecule has 0 spiro atoms. The van der Waals surface area contributed by atoms with Crippen LogP contribution in [-0.2, 0) is 16.0 Å². The zero-order valence-electron chi connectivity index (χ0n) is 12.3. The maximum Gasteiger partial charge on any atom is 0.264 e. The molecule has 22 heavy (non-hydrogen) atoms. The highest BCUT2D eigenvalue weighted by atomic mass is 16.3. The van der Waals surface area contributed by atoms with Crippen LogP contribution in [0.25, 0.3) is 0 Å². The SMILES string of the molecule is CCc1ccc(NC(=O)C2=C(O)[C@H]3CNC[C@@H]3NC2=O)cc1. The molecule has 2 aliphatic heterocycles. The summed E-state index contributed by atoms with van der Waals surface area (Å²) in [4.78, 5) is 24.4. The summed E-state index contributed by atoms with van der Waals surface area (Å²) in [6.07, 6.45) is 0.915. The third kappa shape index (κ3) is 2.57. The summed E-state index contributed by atoms with van der Waals surface area (Å²) in [6.45, 7) is 3.21. The van der Waals surface area contributed by atoms with E-state index < -0.39 is 11.8 Å². The van der Waals surface area contributed by atoms with Crippen molar-refractivity contribution in [2.75, 3.05) is 18.4 Å². The third-order valence-electron chi connectivity index (χ3n) is 4.21. The van der Waals surface area contributed by atoms with Gasteiger partial charge in [-0.3, -0.25) is 9.59 Å². The van der Waals surface area contributed by atoms with Crippen LogP contribution in [-0.4, -0.2) is 36.1 Å². The molecule has 0 aromatic heterocycles. The fourth-order valence-corrected chi connectivity index (χ4v) is 2.90. The summed E-state index contributed by atoms with van der Waals surface area (Å²) in [5.41, 5.74) is 1.57. The Morgan fingerprint density at radius 3 is 2.73 bits per heavy atom. The molecule has 6 heteroatoms. The Morgan fingerprint density at radius 2 is 2.05 bits per heavy atom. The Hall–Kier alpha value is -2.34. The first-order valence-corrected chi connectivity index (χ1v) is 7.45. The van der Waals surface area contributed by atoms with Crippen LogP contribution in [0.3, 0.4) is 0 Å². The van der Waals surface area contributed by atoms with Crippen molar-refractivity contribution in [1.29, 1.82) is 0 Å². The normalized spacial score (nSPS) is 24.0. The Balaban J connectivity index is 1.80. The molecule has 0 bridgehead atoms. The number of fused-ring (bicyclic) bond motifs is 1. The smallest absolute Gasteiger partial charge is 0.264 e. The van der Waals surface area contributed by atoms with E-state index in [-0.39, 0.29) is 23.3 Å². The van der Waals surface area contributed by atoms with Crippen LogP contribution >= 0.6 is 0 Å². The highest BCUT2D eigenvalue weighted by Crippen LogP contribution is 2.25. The van der Waals surface area contributed by atoms with Gasteiger partial charge in [0.25, 0.3) is 11.8 Å². The Kier molecular flexibility index (Phi) is 3.85. The Morgan fingerprint density at radius 1 is 1.32 bits per heavy atom. The monoisotopic (exact) mass is 301 g/mol. The van der Waals surface area contributed by atoms with Crippen LogP contribution in [0.4, 0.5) is 5.69 Å². The van der Waals surface area contributed by atoms with Gasteiger partial charge in [-0.2, -0.15) is 0 Å². The minimum absolute atomic E-state index is 0.124. The van der Waals surface area contributed by atoms with Crippen molar-refractivity contribution in [3.05, 3.63) is 41.2 Å². The summed E-state index contributed by atoms with van der Waals surface area (Å²) in [6, 6.07) is 7.26. The molecule has 4 N–H and O–H groups in total. The van der Waals surface area contributed by atoms with E-state index in [0.717, 1.165) is 12.0 Å². The second kappa shape index (κ2) is 5.81. The molecule has 0 radical (unpaired) electrons. The largest absolute Gasteiger partial charge is 0.511 e. The molecule has 1 aromatic carbocycles. The lowest BCUT2D eigenvalue weighted by Crippen LogP contribution is -2.48. The van der Waals surface area contributed by atoms with E-state index in [1.54, 1.807) is 12.1 Å². The molecule has 2 amide bonds. The van der Waals surface area contributed by atoms with Crippen molar-refractivity contribution in [3.8, 4) is 0 Å². The van der Waals surface area contributed by atoms with Gasteiger partial charge in [0.2, 0.25) is 0 Å². The highest BCUT2D eigenvalue weighted by Gasteiger charge is 2.41. The highest BCUT2D eigenvalue weighted by molar-refractivity contribution is 6.23. The molecule has 0 aliphatic carbocycles. The van der Waals surface area contributed by atoms with Crippen LogP contribution in [0.2, 0.25) is 0 Å². The van der Waals surface area contributed by atoms with Gasteiger partial charge in [-0.25, -0.2) is 0 Å². The number of aliphatic hydroxyl groups excluding tert-OH is 1. The lowest BCUT2D eigenvalue weighted by atomic mass is 9.92. The number of aryl methyl sites for hydroxylation is 1. The van der Waals surface area contributed by atoms with Gasteiger partial charge in [0.05, 0.1) is 12.0 Å². The molecule has 2 heterocycles. The van der Waals surface area contributed by atoms with Crippen molar-refractivity contribution < 1.29 is 14.7 Å². The van der Waals surface area contributed by atoms with Crippen LogP contribution < -0.4 is 16.0 Å². The molecule has 2 atom stereocenters. The van der Waals surface area contributed by atoms with Crippen LogP contribution in [0, 0.1) is 5.92 Å². The van der Waals surface area contributed by atoms with Crippen LogP contribution in [0.1, 0.15) is 12.5 Å². The number of nitrogens with one attached hydrogen (secondary N) is 3. The number of rotatable bonds is 3. The minimum Gasteiger partial charge on any atom is -0.511 e. The van der Waals surface area contributed by atoms with E-state index in [9.17, 15) is 14.7 Å². The van der Waals surface area contributed by atoms with Gasteiger partial charge >= 0.3 is 0 Å². The van der Waals surface area contributed by atoms with Crippen molar-refractivity contribution in [3.63, 3.8) is 0 Å². The van der Waals surface area contributed by atoms with Gasteiger partial charge in [-0.15, -0.1) is 0 Å². The Labute approximate surface area is 128 Å². The number of carbonyl (C=O) groups excluding carboxylic acids is 2. The van der Waals surface area contributed by atoms with E-state index in [4.69, 9.17) is 0 Å². The number of hydrogen-bond donors (Lipinski definition) is 4. The number of anilines is 1. The Bertz CT molecular complexity index is 637. The zero-order valence-corrected chi connectivity index (χ0v) is 12.3. The average molecular weight is 301 g/mol. The molecule has 2 aliphatic rings. The molecular formula is C16H19N3O3. The van der Waals surface area contributed by atoms with Gasteiger partial charge in [0, 0.05) is 18.8 Å². The van der Waals surface area contributed by atoms with E-state index in [1.807, 2.05) is 12.1 Å². The first-order chi connectivity index (χ1) is 10.6. The summed E-state index contributed by atoms with van der Waals surface area (Å²) in [7, 11) is 0. The van der Waals surface area contributed by atoms with Crippen molar-refractivity contribution in [1.82, 2.24) is 10.6 Å². The second-order valence-corrected chi connectivity index (χ2v) is 5.61. The van der Waals surface area contributed by atoms with Crippen LogP contribution in [0.15, 0.2) is 35.6 Å². The van der Waals surface area contributed by atoms with Gasteiger partial charge in [-0.05, 0) is 24.1 Å². The second-order valence-electron chi connectivity index (χ2n) is 5.61. The molecule has 116 valence electrons. The fourth-order valence-electron chi connectivity index (χ4n) is 2.90. The zero-order chi connectivity index (χ0) is 15.7. The number of benzene rings is 1. The molecule has 1 aromatic rings. The number of aliphatic hydroxyl groups is 1. The minimum atomic E-state index is -0.579. The third-order valence-corrected chi connectivity index (χ3v) is 4.21. The molecule has 0 unspecified atom stereocenters. The summed E-state index contributed by atoms with van der Waals surface area (Å²) < 4.78 is 0. The molecule has 1 saturated heterocycles. The van der Waals surface area contributed by atoms with E-state index in [1.165, 1.54) is 0 Å². The number of hydrogen-bond acceptors (Lipinski definition) is 4. The number of carbonyl (C=O) groups is 2. The predicted octanol–water partition coefficient (Wildman–Crippen LogP) is 0.717. The molecule has 1 fully saturated rings. The summed E-state index contributed by atoms with van der Waals surface area (Å²) in [5, 5.41) is 18.8. The van der Waals surface area contributed by atoms with Crippen molar-refractivity contribution in [2.24, 2.45) is 5.92 Å². The molecule has 6 nitrogen and oxygen atoms in total. The van der Waals surface area contributed by atoms with Gasteiger partial charge in [0.15, 0.2) is 0 Å². The van der Waals surface area contributed by atoms with Crippen molar-refractivity contribution in [2.45, 2.75) is 19.4 Å². The quantitative estimate of drug-likeness (QED) is 0.619. The lowest BCUT2D eigenvalue weighted by molar-refractivity contribution is -0.123. The van der Waals surface area contributed by atoms with E-state index >= 15 is 0 Å². The fraction of sp³-hybridized carbons (Fsp3) is 0.375. The molecule has 3 rings (SSSR count). The van der Waals surface area contributed by atoms with E-state index in [0.29, 0.717) is 18.8 Å². The van der Waals surface area contributed by atoms with E-state index in [2.05, 4.69) is 22.9 Å². The number of amides is 2. The standard InChI is InChI=1S/C16H19N3O3/c1-2-9-3-5-10(6-4-9)18-15(21)13-14(20)11-7-17-8-12(11)19-16(13)22/h3-6,11-12,17,20H,2,7-8H2,1H3,(H,18,21)(H,19,22)/t11-,12-/m0/s1. The summed E-state index contributed by atoms with van der Waals surface area (Å²) in [5.74, 6) is -1.46. The van der Waals surface area contributed by atoms with Gasteiger partial charge < -0.3 is 21.1 Å². The summed E-state index contributed by atoms with van der Waals surface area (Å²) >= 11 is 0. The van der Waals surface area contributed by atoms with Crippen molar-refractivity contribution >= 4 is 17.5 Å².